The first-order chi connectivity index (χ1) is 7.12. The van der Waals surface area contributed by atoms with E-state index < -0.39 is 18.2 Å². The van der Waals surface area contributed by atoms with Gasteiger partial charge in [0.05, 0.1) is 0 Å². The van der Waals surface area contributed by atoms with E-state index in [9.17, 15) is 13.2 Å². The quantitative estimate of drug-likeness (QED) is 0.759. The van der Waals surface area contributed by atoms with E-state index in [1.54, 1.807) is 0 Å². The van der Waals surface area contributed by atoms with E-state index in [2.05, 4.69) is 4.90 Å². The fourth-order valence-corrected chi connectivity index (χ4v) is 2.15. The molecule has 1 fully saturated rings. The van der Waals surface area contributed by atoms with Crippen molar-refractivity contribution in [3.05, 3.63) is 0 Å². The molecule has 5 heteroatoms. The molecule has 0 saturated carbocycles. The second kappa shape index (κ2) is 4.53. The van der Waals surface area contributed by atoms with Crippen LogP contribution in [0, 0.1) is 5.92 Å². The van der Waals surface area contributed by atoms with Crippen LogP contribution in [0.3, 0.4) is 0 Å². The average molecular weight is 239 g/mol. The molecule has 0 unspecified atom stereocenters. The van der Waals surface area contributed by atoms with Gasteiger partial charge < -0.3 is 5.11 Å². The zero-order valence-electron chi connectivity index (χ0n) is 10.0. The largest absolute Gasteiger partial charge is 0.414 e. The number of piperidine rings is 1. The molecule has 0 aromatic carbocycles. The van der Waals surface area contributed by atoms with Crippen LogP contribution in [0.1, 0.15) is 33.6 Å². The molecule has 1 N–H and O–H groups in total. The topological polar surface area (TPSA) is 23.5 Å². The van der Waals surface area contributed by atoms with Gasteiger partial charge in [-0.3, -0.25) is 4.90 Å². The van der Waals surface area contributed by atoms with Crippen molar-refractivity contribution in [2.75, 3.05) is 13.1 Å². The van der Waals surface area contributed by atoms with E-state index >= 15 is 0 Å². The van der Waals surface area contributed by atoms with Gasteiger partial charge in [0, 0.05) is 5.54 Å². The first kappa shape index (κ1) is 13.8. The molecule has 1 aliphatic rings. The summed E-state index contributed by atoms with van der Waals surface area (Å²) in [6.07, 6.45) is -5.81. The van der Waals surface area contributed by atoms with E-state index in [0.717, 1.165) is 0 Å². The van der Waals surface area contributed by atoms with Crippen molar-refractivity contribution in [3.63, 3.8) is 0 Å². The molecule has 0 spiro atoms. The Kier molecular flexibility index (Phi) is 3.90. The molecule has 96 valence electrons. The van der Waals surface area contributed by atoms with Gasteiger partial charge >= 0.3 is 6.18 Å². The molecule has 1 rings (SSSR count). The Labute approximate surface area is 94.4 Å². The molecule has 0 amide bonds. The fourth-order valence-electron chi connectivity index (χ4n) is 2.15. The van der Waals surface area contributed by atoms with Gasteiger partial charge in [-0.2, -0.15) is 13.2 Å². The molecule has 1 heterocycles. The lowest BCUT2D eigenvalue weighted by Crippen LogP contribution is -2.49. The van der Waals surface area contributed by atoms with E-state index in [4.69, 9.17) is 5.11 Å². The van der Waals surface area contributed by atoms with Gasteiger partial charge in [-0.1, -0.05) is 0 Å². The summed E-state index contributed by atoms with van der Waals surface area (Å²) in [5.74, 6) is -0.640. The maximum Gasteiger partial charge on any atom is 0.414 e. The number of likely N-dealkylation sites (tertiary alicyclic amines) is 1. The third-order valence-corrected chi connectivity index (χ3v) is 3.27. The van der Waals surface area contributed by atoms with Gasteiger partial charge in [-0.05, 0) is 52.6 Å². The number of nitrogens with zero attached hydrogens (tertiary/aromatic N) is 1. The maximum absolute atomic E-state index is 12.3. The molecule has 0 bridgehead atoms. The summed E-state index contributed by atoms with van der Waals surface area (Å²) in [4.78, 5) is 2.16. The Morgan fingerprint density at radius 2 is 1.56 bits per heavy atom. The molecule has 0 aromatic rings. The molecular formula is C11H20F3NO. The van der Waals surface area contributed by atoms with Gasteiger partial charge in [-0.15, -0.1) is 0 Å². The smallest absolute Gasteiger partial charge is 0.383 e. The number of rotatable bonds is 1. The molecule has 0 aliphatic carbocycles. The van der Waals surface area contributed by atoms with Crippen molar-refractivity contribution in [1.29, 1.82) is 0 Å². The van der Waals surface area contributed by atoms with Gasteiger partial charge in [0.2, 0.25) is 0 Å². The molecule has 1 saturated heterocycles. The highest BCUT2D eigenvalue weighted by Crippen LogP contribution is 2.33. The highest BCUT2D eigenvalue weighted by atomic mass is 19.4. The van der Waals surface area contributed by atoms with Crippen molar-refractivity contribution in [2.45, 2.75) is 51.4 Å². The summed E-state index contributed by atoms with van der Waals surface area (Å²) in [6, 6.07) is 0. The number of aliphatic hydroxyl groups is 1. The molecule has 1 atom stereocenters. The zero-order chi connectivity index (χ0) is 12.6. The third-order valence-electron chi connectivity index (χ3n) is 3.27. The Hall–Kier alpha value is -0.290. The average Bonchev–Trinajstić information content (AvgIpc) is 2.14. The summed E-state index contributed by atoms with van der Waals surface area (Å²) < 4.78 is 36.9. The molecule has 0 radical (unpaired) electrons. The van der Waals surface area contributed by atoms with Crippen LogP contribution in [-0.2, 0) is 0 Å². The molecule has 0 aromatic heterocycles. The molecular weight excluding hydrogens is 219 g/mol. The minimum Gasteiger partial charge on any atom is -0.383 e. The predicted octanol–water partition coefficient (Wildman–Crippen LogP) is 2.42. The van der Waals surface area contributed by atoms with E-state index in [-0.39, 0.29) is 5.54 Å². The van der Waals surface area contributed by atoms with Crippen LogP contribution in [0.25, 0.3) is 0 Å². The SMILES string of the molecule is CC(C)(C)N1CCC([C@H](O)C(F)(F)F)CC1. The van der Waals surface area contributed by atoms with Crippen molar-refractivity contribution < 1.29 is 18.3 Å². The minimum atomic E-state index is -4.48. The summed E-state index contributed by atoms with van der Waals surface area (Å²) in [5, 5.41) is 9.16. The Bertz CT molecular complexity index is 226. The van der Waals surface area contributed by atoms with Crippen molar-refractivity contribution in [1.82, 2.24) is 4.90 Å². The van der Waals surface area contributed by atoms with Gasteiger partial charge in [0.15, 0.2) is 6.10 Å². The number of aliphatic hydroxyl groups excluding tert-OH is 1. The van der Waals surface area contributed by atoms with Crippen LogP contribution in [0.15, 0.2) is 0 Å². The highest BCUT2D eigenvalue weighted by molar-refractivity contribution is 4.86. The monoisotopic (exact) mass is 239 g/mol. The fraction of sp³-hybridized carbons (Fsp3) is 1.00. The first-order valence-corrected chi connectivity index (χ1v) is 5.62. The summed E-state index contributed by atoms with van der Waals surface area (Å²) >= 11 is 0. The van der Waals surface area contributed by atoms with Crippen LogP contribution < -0.4 is 0 Å². The Morgan fingerprint density at radius 3 is 1.88 bits per heavy atom. The minimum absolute atomic E-state index is 0.00580. The van der Waals surface area contributed by atoms with E-state index in [0.29, 0.717) is 25.9 Å². The van der Waals surface area contributed by atoms with Crippen molar-refractivity contribution in [2.24, 2.45) is 5.92 Å². The summed E-state index contributed by atoms with van der Waals surface area (Å²) in [7, 11) is 0. The summed E-state index contributed by atoms with van der Waals surface area (Å²) in [5.41, 5.74) is -0.00580. The number of halogens is 3. The van der Waals surface area contributed by atoms with Gasteiger partial charge in [-0.25, -0.2) is 0 Å². The van der Waals surface area contributed by atoms with Crippen molar-refractivity contribution >= 4 is 0 Å². The van der Waals surface area contributed by atoms with Crippen LogP contribution in [-0.4, -0.2) is 40.9 Å². The van der Waals surface area contributed by atoms with Crippen LogP contribution >= 0.6 is 0 Å². The van der Waals surface area contributed by atoms with E-state index in [1.165, 1.54) is 0 Å². The van der Waals surface area contributed by atoms with Gasteiger partial charge in [0.1, 0.15) is 0 Å². The molecule has 1 aliphatic heterocycles. The Balaban J connectivity index is 2.50. The van der Waals surface area contributed by atoms with Gasteiger partial charge in [0.25, 0.3) is 0 Å². The molecule has 2 nitrogen and oxygen atoms in total. The number of hydrogen-bond acceptors (Lipinski definition) is 2. The van der Waals surface area contributed by atoms with E-state index in [1.807, 2.05) is 20.8 Å². The third kappa shape index (κ3) is 3.35. The lowest BCUT2D eigenvalue weighted by Gasteiger charge is -2.42. The second-order valence-electron chi connectivity index (χ2n) is 5.48. The summed E-state index contributed by atoms with van der Waals surface area (Å²) in [6.45, 7) is 7.40. The lowest BCUT2D eigenvalue weighted by atomic mass is 9.88. The first-order valence-electron chi connectivity index (χ1n) is 5.62. The molecule has 16 heavy (non-hydrogen) atoms. The predicted molar refractivity (Wildman–Crippen MR) is 56.1 cm³/mol. The zero-order valence-corrected chi connectivity index (χ0v) is 10.0. The highest BCUT2D eigenvalue weighted by Gasteiger charge is 2.44. The number of alkyl halides is 3. The van der Waals surface area contributed by atoms with Crippen molar-refractivity contribution in [3.8, 4) is 0 Å². The van der Waals surface area contributed by atoms with Crippen LogP contribution in [0.2, 0.25) is 0 Å². The lowest BCUT2D eigenvalue weighted by molar-refractivity contribution is -0.223. The normalized spacial score (nSPS) is 23.4. The van der Waals surface area contributed by atoms with Crippen LogP contribution in [0.4, 0.5) is 13.2 Å². The number of hydrogen-bond donors (Lipinski definition) is 1. The van der Waals surface area contributed by atoms with Crippen LogP contribution in [0.5, 0.6) is 0 Å². The standard InChI is InChI=1S/C11H20F3NO/c1-10(2,3)15-6-4-8(5-7-15)9(16)11(12,13)14/h8-9,16H,4-7H2,1-3H3/t9-/m0/s1. The Morgan fingerprint density at radius 1 is 1.12 bits per heavy atom. The second-order valence-corrected chi connectivity index (χ2v) is 5.48. The maximum atomic E-state index is 12.3.